The average Bonchev–Trinajstić information content (AvgIpc) is 2.73. The van der Waals surface area contributed by atoms with Crippen LogP contribution in [0.25, 0.3) is 32.3 Å². The highest BCUT2D eigenvalue weighted by Crippen LogP contribution is 2.31. The summed E-state index contributed by atoms with van der Waals surface area (Å²) in [4.78, 5) is 12.7. The lowest BCUT2D eigenvalue weighted by molar-refractivity contribution is 0.103. The van der Waals surface area contributed by atoms with Gasteiger partial charge in [0.15, 0.2) is 5.78 Å². The summed E-state index contributed by atoms with van der Waals surface area (Å²) < 4.78 is 0. The van der Waals surface area contributed by atoms with Gasteiger partial charge in [0.25, 0.3) is 0 Å². The molecule has 0 saturated heterocycles. The van der Waals surface area contributed by atoms with Crippen molar-refractivity contribution < 1.29 is 4.79 Å². The van der Waals surface area contributed by atoms with Gasteiger partial charge in [-0.2, -0.15) is 0 Å². The van der Waals surface area contributed by atoms with E-state index in [0.29, 0.717) is 0 Å². The van der Waals surface area contributed by atoms with Crippen LogP contribution in [-0.4, -0.2) is 5.78 Å². The normalized spacial score (nSPS) is 11.2. The molecule has 0 amide bonds. The third-order valence-corrected chi connectivity index (χ3v) is 5.04. The molecule has 1 heteroatoms. The maximum Gasteiger partial charge on any atom is 0.193 e. The third kappa shape index (κ3) is 2.29. The lowest BCUT2D eigenvalue weighted by Crippen LogP contribution is -2.00. The quantitative estimate of drug-likeness (QED) is 0.271. The molecule has 5 rings (SSSR count). The Morgan fingerprint density at radius 3 is 1.88 bits per heavy atom. The zero-order valence-corrected chi connectivity index (χ0v) is 14.1. The summed E-state index contributed by atoms with van der Waals surface area (Å²) in [5.74, 6) is 0.0612. The van der Waals surface area contributed by atoms with Gasteiger partial charge in [-0.3, -0.25) is 4.79 Å². The van der Waals surface area contributed by atoms with Crippen LogP contribution in [0, 0.1) is 0 Å². The molecule has 0 fully saturated rings. The molecule has 0 heterocycles. The Balaban J connectivity index is 1.72. The Kier molecular flexibility index (Phi) is 3.32. The summed E-state index contributed by atoms with van der Waals surface area (Å²) in [5, 5.41) is 7.25. The summed E-state index contributed by atoms with van der Waals surface area (Å²) in [6.45, 7) is 0. The predicted molar refractivity (Wildman–Crippen MR) is 109 cm³/mol. The fourth-order valence-electron chi connectivity index (χ4n) is 3.73. The number of ketones is 1. The van der Waals surface area contributed by atoms with E-state index in [1.807, 2.05) is 42.5 Å². The Morgan fingerprint density at radius 2 is 1.08 bits per heavy atom. The van der Waals surface area contributed by atoms with E-state index < -0.39 is 0 Å². The van der Waals surface area contributed by atoms with Crippen LogP contribution >= 0.6 is 0 Å². The zero-order valence-electron chi connectivity index (χ0n) is 14.1. The van der Waals surface area contributed by atoms with Gasteiger partial charge in [-0.05, 0) is 38.4 Å². The molecule has 122 valence electrons. The molecule has 1 nitrogen and oxygen atoms in total. The van der Waals surface area contributed by atoms with Crippen LogP contribution in [0.1, 0.15) is 15.9 Å². The molecule has 0 aliphatic heterocycles. The highest BCUT2D eigenvalue weighted by Gasteiger charge is 2.10. The largest absolute Gasteiger partial charge is 0.289 e. The van der Waals surface area contributed by atoms with Crippen LogP contribution in [0.3, 0.4) is 0 Å². The van der Waals surface area contributed by atoms with E-state index in [0.717, 1.165) is 16.5 Å². The first-order valence-corrected chi connectivity index (χ1v) is 8.75. The second-order valence-electron chi connectivity index (χ2n) is 6.58. The first-order chi connectivity index (χ1) is 12.8. The molecule has 0 N–H and O–H groups in total. The van der Waals surface area contributed by atoms with Crippen molar-refractivity contribution in [3.05, 3.63) is 108 Å². The lowest BCUT2D eigenvalue weighted by atomic mass is 9.94. The minimum Gasteiger partial charge on any atom is -0.289 e. The number of hydrogen-bond donors (Lipinski definition) is 0. The van der Waals surface area contributed by atoms with Crippen LogP contribution in [0.4, 0.5) is 0 Å². The summed E-state index contributed by atoms with van der Waals surface area (Å²) >= 11 is 0. The summed E-state index contributed by atoms with van der Waals surface area (Å²) in [6, 6.07) is 32.5. The number of carbonyl (C=O) groups excluding carboxylic acids is 1. The van der Waals surface area contributed by atoms with E-state index in [4.69, 9.17) is 0 Å². The van der Waals surface area contributed by atoms with Gasteiger partial charge in [0.2, 0.25) is 0 Å². The second kappa shape index (κ2) is 5.82. The molecule has 0 spiro atoms. The van der Waals surface area contributed by atoms with Crippen molar-refractivity contribution >= 4 is 38.1 Å². The molecule has 5 aromatic rings. The van der Waals surface area contributed by atoms with E-state index in [1.54, 1.807) is 0 Å². The van der Waals surface area contributed by atoms with Gasteiger partial charge in [0.1, 0.15) is 0 Å². The molecule has 5 aromatic carbocycles. The van der Waals surface area contributed by atoms with E-state index in [9.17, 15) is 4.79 Å². The number of fused-ring (bicyclic) bond motifs is 5. The van der Waals surface area contributed by atoms with Crippen LogP contribution in [0.2, 0.25) is 0 Å². The van der Waals surface area contributed by atoms with Gasteiger partial charge in [0, 0.05) is 11.1 Å². The Hall–Kier alpha value is -3.45. The second-order valence-corrected chi connectivity index (χ2v) is 6.58. The monoisotopic (exact) mass is 332 g/mol. The van der Waals surface area contributed by atoms with E-state index in [-0.39, 0.29) is 5.78 Å². The van der Waals surface area contributed by atoms with Gasteiger partial charge in [-0.25, -0.2) is 0 Å². The molecule has 0 saturated carbocycles. The fraction of sp³-hybridized carbons (Fsp3) is 0. The SMILES string of the molecule is O=C(c1ccccc1)c1ccc2c(ccc3c4ccccc4ccc23)c1. The molecular formula is C25H16O. The number of benzene rings is 5. The first-order valence-electron chi connectivity index (χ1n) is 8.75. The van der Waals surface area contributed by atoms with Crippen molar-refractivity contribution in [2.24, 2.45) is 0 Å². The standard InChI is InChI=1S/C25H16O/c26-25(18-7-2-1-3-8-18)20-12-13-22-19(16-20)11-15-23-21-9-5-4-6-17(21)10-14-24(22)23/h1-16H. The third-order valence-electron chi connectivity index (χ3n) is 5.04. The lowest BCUT2D eigenvalue weighted by Gasteiger charge is -2.09. The maximum atomic E-state index is 12.7. The van der Waals surface area contributed by atoms with Crippen LogP contribution in [0.15, 0.2) is 97.1 Å². The highest BCUT2D eigenvalue weighted by atomic mass is 16.1. The van der Waals surface area contributed by atoms with E-state index >= 15 is 0 Å². The molecule has 0 bridgehead atoms. The number of rotatable bonds is 2. The summed E-state index contributed by atoms with van der Waals surface area (Å²) in [5.41, 5.74) is 1.45. The van der Waals surface area contributed by atoms with E-state index in [1.165, 1.54) is 26.9 Å². The number of carbonyl (C=O) groups is 1. The Bertz CT molecular complexity index is 1280. The molecule has 0 radical (unpaired) electrons. The number of hydrogen-bond acceptors (Lipinski definition) is 1. The smallest absolute Gasteiger partial charge is 0.193 e. The van der Waals surface area contributed by atoms with Crippen LogP contribution in [0.5, 0.6) is 0 Å². The molecule has 0 aliphatic carbocycles. The summed E-state index contributed by atoms with van der Waals surface area (Å²) in [7, 11) is 0. The predicted octanol–water partition coefficient (Wildman–Crippen LogP) is 6.38. The van der Waals surface area contributed by atoms with Gasteiger partial charge in [-0.1, -0.05) is 91.0 Å². The van der Waals surface area contributed by atoms with Crippen molar-refractivity contribution in [1.29, 1.82) is 0 Å². The minimum absolute atomic E-state index is 0.0612. The Labute approximate surface area is 151 Å². The molecule has 0 aliphatic rings. The van der Waals surface area contributed by atoms with Gasteiger partial charge >= 0.3 is 0 Å². The van der Waals surface area contributed by atoms with Gasteiger partial charge in [-0.15, -0.1) is 0 Å². The van der Waals surface area contributed by atoms with Gasteiger partial charge < -0.3 is 0 Å². The van der Waals surface area contributed by atoms with Crippen molar-refractivity contribution in [3.63, 3.8) is 0 Å². The highest BCUT2D eigenvalue weighted by molar-refractivity contribution is 6.18. The first kappa shape index (κ1) is 14.9. The molecule has 0 atom stereocenters. The fourth-order valence-corrected chi connectivity index (χ4v) is 3.73. The zero-order chi connectivity index (χ0) is 17.5. The molecular weight excluding hydrogens is 316 g/mol. The minimum atomic E-state index is 0.0612. The molecule has 0 unspecified atom stereocenters. The average molecular weight is 332 g/mol. The molecule has 0 aromatic heterocycles. The van der Waals surface area contributed by atoms with E-state index in [2.05, 4.69) is 54.6 Å². The van der Waals surface area contributed by atoms with Crippen molar-refractivity contribution in [1.82, 2.24) is 0 Å². The van der Waals surface area contributed by atoms with Crippen LogP contribution in [-0.2, 0) is 0 Å². The Morgan fingerprint density at radius 1 is 0.462 bits per heavy atom. The van der Waals surface area contributed by atoms with Crippen molar-refractivity contribution in [3.8, 4) is 0 Å². The van der Waals surface area contributed by atoms with Gasteiger partial charge in [0.05, 0.1) is 0 Å². The maximum absolute atomic E-state index is 12.7. The molecule has 26 heavy (non-hydrogen) atoms. The van der Waals surface area contributed by atoms with Crippen LogP contribution < -0.4 is 0 Å². The van der Waals surface area contributed by atoms with Crippen molar-refractivity contribution in [2.75, 3.05) is 0 Å². The summed E-state index contributed by atoms with van der Waals surface area (Å²) in [6.07, 6.45) is 0. The van der Waals surface area contributed by atoms with Crippen molar-refractivity contribution in [2.45, 2.75) is 0 Å². The topological polar surface area (TPSA) is 17.1 Å².